The summed E-state index contributed by atoms with van der Waals surface area (Å²) >= 11 is 1.13. The van der Waals surface area contributed by atoms with Crippen LogP contribution in [0.5, 0.6) is 5.75 Å². The molecule has 114 valence electrons. The second kappa shape index (κ2) is 7.49. The molecule has 1 heterocycles. The zero-order valence-corrected chi connectivity index (χ0v) is 11.6. The monoisotopic (exact) mass is 312 g/mol. The number of alkyl halides is 3. The van der Waals surface area contributed by atoms with Gasteiger partial charge < -0.3 is 14.6 Å². The van der Waals surface area contributed by atoms with Crippen LogP contribution in [0, 0.1) is 0 Å². The Hall–Kier alpha value is -1.28. The molecule has 1 aromatic rings. The van der Waals surface area contributed by atoms with Crippen LogP contribution in [0.1, 0.15) is 27.9 Å². The molecule has 0 unspecified atom stereocenters. The maximum atomic E-state index is 11.8. The normalized spacial score (nSPS) is 11.6. The molecule has 8 heteroatoms. The molecule has 0 aromatic carbocycles. The number of ether oxygens (including phenoxy) is 2. The first-order valence-electron chi connectivity index (χ1n) is 5.96. The van der Waals surface area contributed by atoms with Gasteiger partial charge in [0.1, 0.15) is 12.4 Å². The van der Waals surface area contributed by atoms with Gasteiger partial charge in [-0.3, -0.25) is 0 Å². The molecule has 1 aromatic heterocycles. The van der Waals surface area contributed by atoms with Crippen molar-refractivity contribution in [3.05, 3.63) is 15.8 Å². The summed E-state index contributed by atoms with van der Waals surface area (Å²) in [4.78, 5) is 12.0. The van der Waals surface area contributed by atoms with Gasteiger partial charge in [-0.15, -0.1) is 11.3 Å². The molecular weight excluding hydrogens is 297 g/mol. The molecule has 0 aliphatic heterocycles. The maximum Gasteiger partial charge on any atom is 0.411 e. The van der Waals surface area contributed by atoms with Crippen LogP contribution in [0.3, 0.4) is 0 Å². The summed E-state index contributed by atoms with van der Waals surface area (Å²) in [6.45, 7) is 0.628. The third kappa shape index (κ3) is 5.79. The maximum absolute atomic E-state index is 11.8. The molecule has 1 rings (SSSR count). The lowest BCUT2D eigenvalue weighted by Crippen LogP contribution is -2.18. The van der Waals surface area contributed by atoms with Crippen LogP contribution in [-0.2, 0) is 11.2 Å². The number of rotatable bonds is 8. The van der Waals surface area contributed by atoms with Gasteiger partial charge in [0.25, 0.3) is 0 Å². The molecule has 0 radical (unpaired) electrons. The fraction of sp³-hybridized carbons (Fsp3) is 0.583. The van der Waals surface area contributed by atoms with Crippen LogP contribution in [0.4, 0.5) is 13.2 Å². The Labute approximate surface area is 118 Å². The summed E-state index contributed by atoms with van der Waals surface area (Å²) in [6.07, 6.45) is -3.38. The van der Waals surface area contributed by atoms with Crippen molar-refractivity contribution in [2.24, 2.45) is 0 Å². The fourth-order valence-electron chi connectivity index (χ4n) is 1.38. The van der Waals surface area contributed by atoms with E-state index in [1.165, 1.54) is 0 Å². The minimum Gasteiger partial charge on any atom is -0.492 e. The minimum atomic E-state index is -4.33. The molecule has 0 atom stereocenters. The lowest BCUT2D eigenvalue weighted by atomic mass is 10.3. The van der Waals surface area contributed by atoms with Crippen LogP contribution in [0.15, 0.2) is 6.07 Å². The van der Waals surface area contributed by atoms with Crippen molar-refractivity contribution < 1.29 is 32.5 Å². The fourth-order valence-corrected chi connectivity index (χ4v) is 2.26. The Balaban J connectivity index is 2.35. The summed E-state index contributed by atoms with van der Waals surface area (Å²) in [5.74, 6) is -0.812. The molecule has 0 aliphatic rings. The number of hydrogen-bond acceptors (Lipinski definition) is 4. The van der Waals surface area contributed by atoms with Crippen molar-refractivity contribution in [2.45, 2.75) is 25.9 Å². The first-order valence-corrected chi connectivity index (χ1v) is 6.78. The Morgan fingerprint density at radius 1 is 1.40 bits per heavy atom. The van der Waals surface area contributed by atoms with Crippen molar-refractivity contribution >= 4 is 17.3 Å². The molecular formula is C12H15F3O4S. The van der Waals surface area contributed by atoms with Gasteiger partial charge >= 0.3 is 12.1 Å². The molecule has 0 fully saturated rings. The second-order valence-electron chi connectivity index (χ2n) is 3.93. The van der Waals surface area contributed by atoms with Gasteiger partial charge in [-0.2, -0.15) is 13.2 Å². The van der Waals surface area contributed by atoms with Gasteiger partial charge in [0, 0.05) is 11.3 Å². The van der Waals surface area contributed by atoms with E-state index in [2.05, 4.69) is 4.74 Å². The first kappa shape index (κ1) is 16.8. The number of hydrogen-bond donors (Lipinski definition) is 1. The number of carboxylic acids is 1. The quantitative estimate of drug-likeness (QED) is 0.748. The smallest absolute Gasteiger partial charge is 0.411 e. The Bertz CT molecular complexity index is 442. The number of aromatic carboxylic acids is 1. The van der Waals surface area contributed by atoms with E-state index in [-0.39, 0.29) is 30.3 Å². The van der Waals surface area contributed by atoms with Gasteiger partial charge in [0.05, 0.1) is 13.2 Å². The predicted molar refractivity (Wildman–Crippen MR) is 67.6 cm³/mol. The minimum absolute atomic E-state index is 0.0906. The van der Waals surface area contributed by atoms with Crippen molar-refractivity contribution in [3.8, 4) is 5.75 Å². The van der Waals surface area contributed by atoms with Crippen molar-refractivity contribution in [1.29, 1.82) is 0 Å². The molecule has 0 saturated heterocycles. The molecule has 0 saturated carbocycles. The highest BCUT2D eigenvalue weighted by Gasteiger charge is 2.27. The summed E-state index contributed by atoms with van der Waals surface area (Å²) in [5, 5.41) is 8.99. The van der Waals surface area contributed by atoms with Gasteiger partial charge in [-0.05, 0) is 12.5 Å². The lowest BCUT2D eigenvalue weighted by Gasteiger charge is -2.08. The number of thiophene rings is 1. The molecule has 0 bridgehead atoms. The van der Waals surface area contributed by atoms with Gasteiger partial charge in [-0.1, -0.05) is 6.92 Å². The van der Waals surface area contributed by atoms with Crippen LogP contribution in [0.25, 0.3) is 0 Å². The van der Waals surface area contributed by atoms with E-state index < -0.39 is 18.8 Å². The highest BCUT2D eigenvalue weighted by Crippen LogP contribution is 2.29. The molecule has 0 aliphatic carbocycles. The Kier molecular flexibility index (Phi) is 6.28. The number of halogens is 3. The topological polar surface area (TPSA) is 55.8 Å². The molecule has 1 N–H and O–H groups in total. The SMILES string of the molecule is CCc1cc(OCCCOCC(F)(F)F)c(C(=O)O)s1. The van der Waals surface area contributed by atoms with Gasteiger partial charge in [0.2, 0.25) is 0 Å². The zero-order chi connectivity index (χ0) is 15.2. The van der Waals surface area contributed by atoms with E-state index >= 15 is 0 Å². The van der Waals surface area contributed by atoms with E-state index in [0.717, 1.165) is 16.2 Å². The average molecular weight is 312 g/mol. The third-order valence-electron chi connectivity index (χ3n) is 2.25. The summed E-state index contributed by atoms with van der Waals surface area (Å²) in [5.41, 5.74) is 0. The van der Waals surface area contributed by atoms with Crippen molar-refractivity contribution in [3.63, 3.8) is 0 Å². The molecule has 4 nitrogen and oxygen atoms in total. The van der Waals surface area contributed by atoms with E-state index in [4.69, 9.17) is 9.84 Å². The van der Waals surface area contributed by atoms with E-state index in [1.54, 1.807) is 6.07 Å². The van der Waals surface area contributed by atoms with Crippen molar-refractivity contribution in [2.75, 3.05) is 19.8 Å². The largest absolute Gasteiger partial charge is 0.492 e. The predicted octanol–water partition coefficient (Wildman–Crippen LogP) is 3.36. The molecule has 0 spiro atoms. The Morgan fingerprint density at radius 2 is 2.10 bits per heavy atom. The van der Waals surface area contributed by atoms with Crippen LogP contribution >= 0.6 is 11.3 Å². The highest BCUT2D eigenvalue weighted by atomic mass is 32.1. The average Bonchev–Trinajstić information content (AvgIpc) is 2.75. The van der Waals surface area contributed by atoms with Crippen LogP contribution in [0.2, 0.25) is 0 Å². The van der Waals surface area contributed by atoms with Crippen molar-refractivity contribution in [1.82, 2.24) is 0 Å². The molecule has 20 heavy (non-hydrogen) atoms. The number of carboxylic acid groups (broad SMARTS) is 1. The lowest BCUT2D eigenvalue weighted by molar-refractivity contribution is -0.174. The second-order valence-corrected chi connectivity index (χ2v) is 5.07. The van der Waals surface area contributed by atoms with E-state index in [1.807, 2.05) is 6.92 Å². The van der Waals surface area contributed by atoms with Crippen LogP contribution < -0.4 is 4.74 Å². The summed E-state index contributed by atoms with van der Waals surface area (Å²) in [7, 11) is 0. The molecule has 0 amide bonds. The number of carbonyl (C=O) groups is 1. The third-order valence-corrected chi connectivity index (χ3v) is 3.50. The van der Waals surface area contributed by atoms with E-state index in [9.17, 15) is 18.0 Å². The number of aryl methyl sites for hydroxylation is 1. The summed E-state index contributed by atoms with van der Waals surface area (Å²) < 4.78 is 45.1. The summed E-state index contributed by atoms with van der Waals surface area (Å²) in [6, 6.07) is 1.64. The first-order chi connectivity index (χ1) is 9.33. The zero-order valence-electron chi connectivity index (χ0n) is 10.8. The van der Waals surface area contributed by atoms with E-state index in [0.29, 0.717) is 6.42 Å². The highest BCUT2D eigenvalue weighted by molar-refractivity contribution is 7.14. The Morgan fingerprint density at radius 3 is 2.65 bits per heavy atom. The van der Waals surface area contributed by atoms with Gasteiger partial charge in [-0.25, -0.2) is 4.79 Å². The standard InChI is InChI=1S/C12H15F3O4S/c1-2-8-6-9(10(20-8)11(16)17)19-5-3-4-18-7-12(13,14)15/h6H,2-5,7H2,1H3,(H,16,17). The van der Waals surface area contributed by atoms with Crippen LogP contribution in [-0.4, -0.2) is 37.1 Å². The van der Waals surface area contributed by atoms with Gasteiger partial charge in [0.15, 0.2) is 4.88 Å².